The number of amides is 1. The molecular formula is C18H15F4N3O2. The number of rotatable bonds is 3. The molecule has 1 aliphatic carbocycles. The zero-order valence-corrected chi connectivity index (χ0v) is 14.1. The van der Waals surface area contributed by atoms with Gasteiger partial charge in [0.25, 0.3) is 5.91 Å². The first-order chi connectivity index (χ1) is 12.7. The van der Waals surface area contributed by atoms with Crippen LogP contribution in [0.5, 0.6) is 0 Å². The van der Waals surface area contributed by atoms with Crippen molar-refractivity contribution in [3.63, 3.8) is 0 Å². The van der Waals surface area contributed by atoms with E-state index in [4.69, 9.17) is 6.42 Å². The predicted molar refractivity (Wildman–Crippen MR) is 86.8 cm³/mol. The van der Waals surface area contributed by atoms with Gasteiger partial charge >= 0.3 is 12.1 Å². The number of alkyl halides is 3. The summed E-state index contributed by atoms with van der Waals surface area (Å²) in [6.45, 7) is 0. The van der Waals surface area contributed by atoms with Crippen molar-refractivity contribution < 1.29 is 26.9 Å². The molecule has 1 amide bonds. The van der Waals surface area contributed by atoms with E-state index in [0.717, 1.165) is 31.4 Å². The predicted octanol–water partition coefficient (Wildman–Crippen LogP) is 3.96. The van der Waals surface area contributed by atoms with Crippen LogP contribution in [0.2, 0.25) is 0 Å². The molecule has 0 atom stereocenters. The topological polar surface area (TPSA) is 68.0 Å². The minimum Gasteiger partial charge on any atom is -0.336 e. The highest BCUT2D eigenvalue weighted by atomic mass is 19.4. The van der Waals surface area contributed by atoms with Gasteiger partial charge in [0.15, 0.2) is 0 Å². The molecule has 1 fully saturated rings. The molecule has 1 aromatic heterocycles. The van der Waals surface area contributed by atoms with Crippen molar-refractivity contribution in [3.05, 3.63) is 35.5 Å². The summed E-state index contributed by atoms with van der Waals surface area (Å²) in [5.74, 6) is -1.01. The van der Waals surface area contributed by atoms with Crippen LogP contribution in [0, 0.1) is 18.2 Å². The molecule has 5 nitrogen and oxygen atoms in total. The Hall–Kier alpha value is -2.89. The summed E-state index contributed by atoms with van der Waals surface area (Å²) in [5, 5.41) is 5.90. The molecule has 3 rings (SSSR count). The number of hydrogen-bond donors (Lipinski definition) is 1. The van der Waals surface area contributed by atoms with Crippen molar-refractivity contribution in [2.75, 3.05) is 0 Å². The highest BCUT2D eigenvalue weighted by molar-refractivity contribution is 5.95. The molecule has 0 radical (unpaired) electrons. The van der Waals surface area contributed by atoms with Crippen molar-refractivity contribution in [3.8, 4) is 23.7 Å². The van der Waals surface area contributed by atoms with Crippen LogP contribution in [0.1, 0.15) is 48.4 Å². The molecule has 0 bridgehead atoms. The first kappa shape index (κ1) is 18.9. The fraction of sp³-hybridized carbons (Fsp3) is 0.389. The third-order valence-corrected chi connectivity index (χ3v) is 4.48. The van der Waals surface area contributed by atoms with Crippen molar-refractivity contribution >= 4 is 5.91 Å². The smallest absolute Gasteiger partial charge is 0.336 e. The standard InChI is InChI=1S/C18H15F4N3O2/c1-2-17(8-4-3-5-9-17)24-15(26)11-6-7-12(13(19)10-11)14-23-16(27-25-14)18(20,21)22/h1,6-7,10H,3-5,8-9H2,(H,24,26). The second-order valence-corrected chi connectivity index (χ2v) is 6.36. The van der Waals surface area contributed by atoms with Gasteiger partial charge in [-0.15, -0.1) is 6.42 Å². The quantitative estimate of drug-likeness (QED) is 0.646. The Morgan fingerprint density at radius 1 is 1.26 bits per heavy atom. The Morgan fingerprint density at radius 2 is 1.96 bits per heavy atom. The molecule has 1 heterocycles. The first-order valence-corrected chi connectivity index (χ1v) is 8.25. The minimum absolute atomic E-state index is 0.00371. The average molecular weight is 381 g/mol. The van der Waals surface area contributed by atoms with Crippen LogP contribution in [0.3, 0.4) is 0 Å². The summed E-state index contributed by atoms with van der Waals surface area (Å²) in [6.07, 6.45) is 4.83. The van der Waals surface area contributed by atoms with Gasteiger partial charge < -0.3 is 9.84 Å². The van der Waals surface area contributed by atoms with Crippen LogP contribution >= 0.6 is 0 Å². The first-order valence-electron chi connectivity index (χ1n) is 8.25. The maximum Gasteiger partial charge on any atom is 0.471 e. The van der Waals surface area contributed by atoms with Crippen molar-refractivity contribution in [2.45, 2.75) is 43.8 Å². The molecular weight excluding hydrogens is 366 g/mol. The van der Waals surface area contributed by atoms with Gasteiger partial charge in [-0.2, -0.15) is 18.2 Å². The summed E-state index contributed by atoms with van der Waals surface area (Å²) in [5.41, 5.74) is -1.08. The highest BCUT2D eigenvalue weighted by Crippen LogP contribution is 2.31. The zero-order valence-electron chi connectivity index (χ0n) is 14.1. The van der Waals surface area contributed by atoms with Gasteiger partial charge in [0.2, 0.25) is 5.82 Å². The summed E-state index contributed by atoms with van der Waals surface area (Å²) >= 11 is 0. The molecule has 2 aromatic rings. The number of benzene rings is 1. The summed E-state index contributed by atoms with van der Waals surface area (Å²) in [7, 11) is 0. The van der Waals surface area contributed by atoms with E-state index in [1.165, 1.54) is 6.07 Å². The van der Waals surface area contributed by atoms with Crippen LogP contribution in [-0.4, -0.2) is 21.6 Å². The molecule has 1 N–H and O–H groups in total. The largest absolute Gasteiger partial charge is 0.471 e. The van der Waals surface area contributed by atoms with Crippen molar-refractivity contribution in [1.29, 1.82) is 0 Å². The molecule has 1 aliphatic rings. The molecule has 0 spiro atoms. The van der Waals surface area contributed by atoms with Gasteiger partial charge in [-0.25, -0.2) is 4.39 Å². The number of hydrogen-bond acceptors (Lipinski definition) is 4. The molecule has 9 heteroatoms. The highest BCUT2D eigenvalue weighted by Gasteiger charge is 2.39. The van der Waals surface area contributed by atoms with Crippen LogP contribution in [-0.2, 0) is 6.18 Å². The third kappa shape index (κ3) is 3.94. The molecule has 0 aliphatic heterocycles. The van der Waals surface area contributed by atoms with E-state index in [2.05, 4.69) is 25.9 Å². The normalized spacial score (nSPS) is 16.6. The molecule has 0 unspecified atom stereocenters. The number of terminal acetylenes is 1. The van der Waals surface area contributed by atoms with E-state index in [1.54, 1.807) is 0 Å². The lowest BCUT2D eigenvalue weighted by molar-refractivity contribution is -0.159. The third-order valence-electron chi connectivity index (χ3n) is 4.48. The Balaban J connectivity index is 1.81. The molecule has 1 aromatic carbocycles. The Bertz CT molecular complexity index is 893. The second-order valence-electron chi connectivity index (χ2n) is 6.36. The zero-order chi connectivity index (χ0) is 19.7. The lowest BCUT2D eigenvalue weighted by Gasteiger charge is -2.33. The maximum absolute atomic E-state index is 14.3. The molecule has 1 saturated carbocycles. The van der Waals surface area contributed by atoms with Crippen molar-refractivity contribution in [2.24, 2.45) is 0 Å². The molecule has 142 valence electrons. The SMILES string of the molecule is C#CC1(NC(=O)c2ccc(-c3noc(C(F)(F)F)n3)c(F)c2)CCCCC1. The van der Waals surface area contributed by atoms with Gasteiger partial charge in [-0.1, -0.05) is 30.3 Å². The van der Waals surface area contributed by atoms with Crippen LogP contribution in [0.4, 0.5) is 17.6 Å². The van der Waals surface area contributed by atoms with Gasteiger partial charge in [0.05, 0.1) is 5.56 Å². The average Bonchev–Trinajstić information content (AvgIpc) is 3.12. The van der Waals surface area contributed by atoms with E-state index in [1.807, 2.05) is 0 Å². The Kier molecular flexibility index (Phi) is 4.91. The number of nitrogens with zero attached hydrogens (tertiary/aromatic N) is 2. The van der Waals surface area contributed by atoms with Gasteiger partial charge in [-0.05, 0) is 31.0 Å². The van der Waals surface area contributed by atoms with Gasteiger partial charge in [-0.3, -0.25) is 4.79 Å². The van der Waals surface area contributed by atoms with Crippen LogP contribution < -0.4 is 5.32 Å². The Labute approximate surface area is 152 Å². The fourth-order valence-electron chi connectivity index (χ4n) is 3.04. The molecule has 0 saturated heterocycles. The molecule has 27 heavy (non-hydrogen) atoms. The summed E-state index contributed by atoms with van der Waals surface area (Å²) < 4.78 is 56.0. The monoisotopic (exact) mass is 381 g/mol. The summed E-state index contributed by atoms with van der Waals surface area (Å²) in [6, 6.07) is 3.30. The Morgan fingerprint density at radius 3 is 2.52 bits per heavy atom. The summed E-state index contributed by atoms with van der Waals surface area (Å²) in [4.78, 5) is 15.6. The van der Waals surface area contributed by atoms with E-state index in [9.17, 15) is 22.4 Å². The fourth-order valence-corrected chi connectivity index (χ4v) is 3.04. The van der Waals surface area contributed by atoms with E-state index in [-0.39, 0.29) is 11.1 Å². The minimum atomic E-state index is -4.83. The number of aromatic nitrogens is 2. The number of nitrogens with one attached hydrogen (secondary N) is 1. The van der Waals surface area contributed by atoms with E-state index < -0.39 is 35.2 Å². The van der Waals surface area contributed by atoms with Crippen LogP contribution in [0.15, 0.2) is 22.7 Å². The van der Waals surface area contributed by atoms with Crippen LogP contribution in [0.25, 0.3) is 11.4 Å². The van der Waals surface area contributed by atoms with Gasteiger partial charge in [0, 0.05) is 5.56 Å². The lowest BCUT2D eigenvalue weighted by Crippen LogP contribution is -2.48. The second kappa shape index (κ2) is 7.02. The number of carbonyl (C=O) groups excluding carboxylic acids is 1. The van der Waals surface area contributed by atoms with Gasteiger partial charge in [0.1, 0.15) is 11.4 Å². The maximum atomic E-state index is 14.3. The lowest BCUT2D eigenvalue weighted by atomic mass is 9.82. The van der Waals surface area contributed by atoms with E-state index >= 15 is 0 Å². The number of carbonyl (C=O) groups is 1. The number of halogens is 4. The van der Waals surface area contributed by atoms with Crippen molar-refractivity contribution in [1.82, 2.24) is 15.5 Å². The van der Waals surface area contributed by atoms with E-state index in [0.29, 0.717) is 12.8 Å².